The zero-order chi connectivity index (χ0) is 20.3. The van der Waals surface area contributed by atoms with Gasteiger partial charge >= 0.3 is 0 Å². The quantitative estimate of drug-likeness (QED) is 0.627. The second-order valence-electron chi connectivity index (χ2n) is 7.32. The van der Waals surface area contributed by atoms with Gasteiger partial charge < -0.3 is 9.47 Å². The van der Waals surface area contributed by atoms with Gasteiger partial charge in [0.05, 0.1) is 17.0 Å². The molecule has 2 aromatic carbocycles. The van der Waals surface area contributed by atoms with Crippen molar-refractivity contribution in [3.63, 3.8) is 0 Å². The topological polar surface area (TPSA) is 72.3 Å². The highest BCUT2D eigenvalue weighted by molar-refractivity contribution is 7.91. The molecule has 0 aliphatic carbocycles. The lowest BCUT2D eigenvalue weighted by Gasteiger charge is -2.25. The van der Waals surface area contributed by atoms with E-state index in [0.717, 1.165) is 12.0 Å². The van der Waals surface area contributed by atoms with Gasteiger partial charge in [-0.05, 0) is 42.7 Å². The van der Waals surface area contributed by atoms with Crippen molar-refractivity contribution in [1.29, 1.82) is 0 Å². The van der Waals surface area contributed by atoms with Crippen molar-refractivity contribution in [3.05, 3.63) is 84.4 Å². The zero-order valence-corrected chi connectivity index (χ0v) is 16.8. The molecular weight excluding hydrogens is 386 g/mol. The number of sulfone groups is 1. The minimum atomic E-state index is -3.43. The molecule has 0 bridgehead atoms. The minimum Gasteiger partial charge on any atom is -0.335 e. The van der Waals surface area contributed by atoms with Crippen LogP contribution in [0.3, 0.4) is 0 Å². The molecule has 0 spiro atoms. The van der Waals surface area contributed by atoms with Crippen LogP contribution in [-0.2, 0) is 16.4 Å². The number of rotatable bonds is 6. The predicted octanol–water partition coefficient (Wildman–Crippen LogP) is 3.01. The van der Waals surface area contributed by atoms with Crippen LogP contribution in [0.5, 0.6) is 0 Å². The number of nitrogens with zero attached hydrogens (tertiary/aromatic N) is 3. The summed E-state index contributed by atoms with van der Waals surface area (Å²) in [6.07, 6.45) is 6.90. The molecule has 0 N–H and O–H groups in total. The van der Waals surface area contributed by atoms with Crippen LogP contribution in [0, 0.1) is 0 Å². The summed E-state index contributed by atoms with van der Waals surface area (Å²) in [6, 6.07) is 15.6. The standard InChI is InChI=1S/C22H23N3O3S/c26-22(19-10-8-18(9-11-19)15-24-14-12-23-17-24)25-13-4-5-20(25)16-29(27,28)21-6-2-1-3-7-21/h1-3,6-12,14,17,20H,4-5,13,15-16H2. The molecule has 1 saturated heterocycles. The average molecular weight is 410 g/mol. The van der Waals surface area contributed by atoms with E-state index in [9.17, 15) is 13.2 Å². The highest BCUT2D eigenvalue weighted by atomic mass is 32.2. The molecule has 0 saturated carbocycles. The van der Waals surface area contributed by atoms with E-state index < -0.39 is 9.84 Å². The molecule has 6 nitrogen and oxygen atoms in total. The molecule has 1 unspecified atom stereocenters. The van der Waals surface area contributed by atoms with Crippen LogP contribution in [0.15, 0.2) is 78.2 Å². The third-order valence-corrected chi connectivity index (χ3v) is 7.09. The average Bonchev–Trinajstić information content (AvgIpc) is 3.40. The molecule has 1 aliphatic rings. The van der Waals surface area contributed by atoms with Gasteiger partial charge in [-0.15, -0.1) is 0 Å². The lowest BCUT2D eigenvalue weighted by atomic mass is 10.1. The molecule has 2 heterocycles. The first-order valence-corrected chi connectivity index (χ1v) is 11.3. The van der Waals surface area contributed by atoms with Gasteiger partial charge in [-0.25, -0.2) is 13.4 Å². The van der Waals surface area contributed by atoms with Gasteiger partial charge in [-0.2, -0.15) is 0 Å². The first-order valence-electron chi connectivity index (χ1n) is 9.66. The monoisotopic (exact) mass is 409 g/mol. The van der Waals surface area contributed by atoms with E-state index in [-0.39, 0.29) is 17.7 Å². The molecule has 1 atom stereocenters. The van der Waals surface area contributed by atoms with Crippen LogP contribution in [0.4, 0.5) is 0 Å². The highest BCUT2D eigenvalue weighted by Gasteiger charge is 2.33. The number of amides is 1. The predicted molar refractivity (Wildman–Crippen MR) is 110 cm³/mol. The van der Waals surface area contributed by atoms with Crippen LogP contribution in [0.1, 0.15) is 28.8 Å². The van der Waals surface area contributed by atoms with Crippen molar-refractivity contribution in [2.45, 2.75) is 30.3 Å². The van der Waals surface area contributed by atoms with E-state index in [1.165, 1.54) is 0 Å². The van der Waals surface area contributed by atoms with Crippen LogP contribution in [-0.4, -0.2) is 47.1 Å². The van der Waals surface area contributed by atoms with Crippen molar-refractivity contribution in [3.8, 4) is 0 Å². The van der Waals surface area contributed by atoms with Crippen LogP contribution in [0.2, 0.25) is 0 Å². The number of aromatic nitrogens is 2. The van der Waals surface area contributed by atoms with Crippen LogP contribution >= 0.6 is 0 Å². The summed E-state index contributed by atoms with van der Waals surface area (Å²) >= 11 is 0. The van der Waals surface area contributed by atoms with Gasteiger partial charge in [0, 0.05) is 37.1 Å². The molecule has 0 radical (unpaired) electrons. The molecular formula is C22H23N3O3S. The molecule has 150 valence electrons. The van der Waals surface area contributed by atoms with Crippen molar-refractivity contribution in [2.75, 3.05) is 12.3 Å². The number of hydrogen-bond acceptors (Lipinski definition) is 4. The third kappa shape index (κ3) is 4.40. The number of likely N-dealkylation sites (tertiary alicyclic amines) is 1. The SMILES string of the molecule is O=C(c1ccc(Cn2ccnc2)cc1)N1CCCC1CS(=O)(=O)c1ccccc1. The smallest absolute Gasteiger partial charge is 0.254 e. The van der Waals surface area contributed by atoms with E-state index in [0.29, 0.717) is 30.0 Å². The number of carbonyl (C=O) groups is 1. The van der Waals surface area contributed by atoms with Gasteiger partial charge in [0.1, 0.15) is 0 Å². The second kappa shape index (κ2) is 8.21. The van der Waals surface area contributed by atoms with Crippen molar-refractivity contribution in [1.82, 2.24) is 14.5 Å². The maximum absolute atomic E-state index is 13.0. The summed E-state index contributed by atoms with van der Waals surface area (Å²) in [4.78, 5) is 19.1. The Kier molecular flexibility index (Phi) is 5.49. The van der Waals surface area contributed by atoms with Crippen molar-refractivity contribution in [2.24, 2.45) is 0 Å². The molecule has 1 fully saturated rings. The van der Waals surface area contributed by atoms with Crippen LogP contribution in [0.25, 0.3) is 0 Å². The first-order chi connectivity index (χ1) is 14.0. The summed E-state index contributed by atoms with van der Waals surface area (Å²) < 4.78 is 27.4. The second-order valence-corrected chi connectivity index (χ2v) is 9.36. The van der Waals surface area contributed by atoms with Crippen molar-refractivity contribution < 1.29 is 13.2 Å². The zero-order valence-electron chi connectivity index (χ0n) is 16.0. The Labute approximate surface area is 170 Å². The molecule has 1 aliphatic heterocycles. The van der Waals surface area contributed by atoms with E-state index in [2.05, 4.69) is 4.98 Å². The third-order valence-electron chi connectivity index (χ3n) is 5.28. The fourth-order valence-electron chi connectivity index (χ4n) is 3.76. The molecule has 3 aromatic rings. The molecule has 4 rings (SSSR count). The lowest BCUT2D eigenvalue weighted by molar-refractivity contribution is 0.0749. The summed E-state index contributed by atoms with van der Waals surface area (Å²) in [5, 5.41) is 0. The largest absolute Gasteiger partial charge is 0.335 e. The summed E-state index contributed by atoms with van der Waals surface area (Å²) in [6.45, 7) is 1.28. The Bertz CT molecular complexity index is 1060. The lowest BCUT2D eigenvalue weighted by Crippen LogP contribution is -2.39. The Morgan fingerprint density at radius 1 is 1.07 bits per heavy atom. The van der Waals surface area contributed by atoms with Gasteiger partial charge in [0.15, 0.2) is 9.84 Å². The Morgan fingerprint density at radius 3 is 2.52 bits per heavy atom. The van der Waals surface area contributed by atoms with Gasteiger partial charge in [0.2, 0.25) is 0 Å². The van der Waals surface area contributed by atoms with Crippen LogP contribution < -0.4 is 0 Å². The Hall–Kier alpha value is -2.93. The molecule has 29 heavy (non-hydrogen) atoms. The summed E-state index contributed by atoms with van der Waals surface area (Å²) in [5.74, 6) is -0.147. The fraction of sp³-hybridized carbons (Fsp3) is 0.273. The Balaban J connectivity index is 1.46. The number of hydrogen-bond donors (Lipinski definition) is 0. The summed E-state index contributed by atoms with van der Waals surface area (Å²) in [7, 11) is -3.43. The maximum atomic E-state index is 13.0. The molecule has 7 heteroatoms. The van der Waals surface area contributed by atoms with E-state index in [1.54, 1.807) is 47.8 Å². The van der Waals surface area contributed by atoms with Gasteiger partial charge in [0.25, 0.3) is 5.91 Å². The summed E-state index contributed by atoms with van der Waals surface area (Å²) in [5.41, 5.74) is 1.66. The number of carbonyl (C=O) groups excluding carboxylic acids is 1. The van der Waals surface area contributed by atoms with Crippen molar-refractivity contribution >= 4 is 15.7 Å². The normalized spacial score (nSPS) is 16.8. The Morgan fingerprint density at radius 2 is 1.83 bits per heavy atom. The van der Waals surface area contributed by atoms with Gasteiger partial charge in [-0.3, -0.25) is 4.79 Å². The fourth-order valence-corrected chi connectivity index (χ4v) is 5.38. The van der Waals surface area contributed by atoms with Gasteiger partial charge in [-0.1, -0.05) is 30.3 Å². The number of imidazole rings is 1. The van der Waals surface area contributed by atoms with E-state index in [4.69, 9.17) is 0 Å². The maximum Gasteiger partial charge on any atom is 0.254 e. The highest BCUT2D eigenvalue weighted by Crippen LogP contribution is 2.24. The molecule has 1 amide bonds. The van der Waals surface area contributed by atoms with E-state index >= 15 is 0 Å². The number of benzene rings is 2. The minimum absolute atomic E-state index is 0.0402. The molecule has 1 aromatic heterocycles. The van der Waals surface area contributed by atoms with E-state index in [1.807, 2.05) is 35.0 Å². The first kappa shape index (κ1) is 19.4.